The van der Waals surface area contributed by atoms with E-state index in [0.29, 0.717) is 22.9 Å². The van der Waals surface area contributed by atoms with Crippen LogP contribution in [0.4, 0.5) is 11.4 Å². The molecule has 0 saturated heterocycles. The lowest BCUT2D eigenvalue weighted by atomic mass is 10.2. The van der Waals surface area contributed by atoms with Crippen LogP contribution < -0.4 is 20.9 Å². The average Bonchev–Trinajstić information content (AvgIpc) is 2.11. The van der Waals surface area contributed by atoms with Crippen molar-refractivity contribution < 1.29 is 9.47 Å². The Morgan fingerprint density at radius 2 is 1.12 bits per heavy atom. The summed E-state index contributed by atoms with van der Waals surface area (Å²) < 4.78 is 11.2. The minimum atomic E-state index is 0.0672. The summed E-state index contributed by atoms with van der Waals surface area (Å²) in [4.78, 5) is 0. The molecule has 16 heavy (non-hydrogen) atoms. The third-order valence-corrected chi connectivity index (χ3v) is 1.87. The third-order valence-electron chi connectivity index (χ3n) is 1.87. The molecule has 90 valence electrons. The summed E-state index contributed by atoms with van der Waals surface area (Å²) in [6.45, 7) is 7.80. The van der Waals surface area contributed by atoms with Crippen molar-refractivity contribution in [3.63, 3.8) is 0 Å². The quantitative estimate of drug-likeness (QED) is 0.770. The van der Waals surface area contributed by atoms with Gasteiger partial charge in [-0.2, -0.15) is 0 Å². The first kappa shape index (κ1) is 12.5. The zero-order valence-corrected chi connectivity index (χ0v) is 10.3. The molecule has 0 saturated carbocycles. The van der Waals surface area contributed by atoms with Gasteiger partial charge in [0, 0.05) is 12.1 Å². The van der Waals surface area contributed by atoms with E-state index < -0.39 is 0 Å². The zero-order valence-electron chi connectivity index (χ0n) is 10.3. The Labute approximate surface area is 96.5 Å². The number of anilines is 2. The van der Waals surface area contributed by atoms with Crippen molar-refractivity contribution >= 4 is 11.4 Å². The van der Waals surface area contributed by atoms with Crippen molar-refractivity contribution in [2.45, 2.75) is 39.9 Å². The molecule has 1 aromatic carbocycles. The SMILES string of the molecule is CC(C)Oc1cc(N)c(N)cc1OC(C)C. The number of nitrogen functional groups attached to an aromatic ring is 2. The van der Waals surface area contributed by atoms with Crippen LogP contribution in [0.25, 0.3) is 0 Å². The van der Waals surface area contributed by atoms with Gasteiger partial charge in [-0.1, -0.05) is 0 Å². The fourth-order valence-corrected chi connectivity index (χ4v) is 1.28. The number of rotatable bonds is 4. The highest BCUT2D eigenvalue weighted by atomic mass is 16.5. The van der Waals surface area contributed by atoms with E-state index in [1.807, 2.05) is 27.7 Å². The maximum atomic E-state index is 5.74. The molecule has 1 aromatic rings. The molecule has 0 aromatic heterocycles. The molecule has 0 aliphatic carbocycles. The van der Waals surface area contributed by atoms with Gasteiger partial charge in [0.15, 0.2) is 11.5 Å². The number of ether oxygens (including phenoxy) is 2. The Kier molecular flexibility index (Phi) is 3.88. The minimum Gasteiger partial charge on any atom is -0.487 e. The van der Waals surface area contributed by atoms with Crippen LogP contribution >= 0.6 is 0 Å². The average molecular weight is 224 g/mol. The van der Waals surface area contributed by atoms with Crippen LogP contribution in [0.1, 0.15) is 27.7 Å². The molecule has 0 aliphatic heterocycles. The van der Waals surface area contributed by atoms with Gasteiger partial charge in [0.1, 0.15) is 0 Å². The fourth-order valence-electron chi connectivity index (χ4n) is 1.28. The highest BCUT2D eigenvalue weighted by Crippen LogP contribution is 2.35. The van der Waals surface area contributed by atoms with Crippen molar-refractivity contribution in [2.75, 3.05) is 11.5 Å². The summed E-state index contributed by atoms with van der Waals surface area (Å²) in [6, 6.07) is 3.40. The van der Waals surface area contributed by atoms with Gasteiger partial charge in [-0.15, -0.1) is 0 Å². The summed E-state index contributed by atoms with van der Waals surface area (Å²) in [5, 5.41) is 0. The van der Waals surface area contributed by atoms with Crippen LogP contribution in [0, 0.1) is 0 Å². The van der Waals surface area contributed by atoms with E-state index in [-0.39, 0.29) is 12.2 Å². The van der Waals surface area contributed by atoms with Crippen LogP contribution in [0.2, 0.25) is 0 Å². The lowest BCUT2D eigenvalue weighted by molar-refractivity contribution is 0.199. The molecule has 0 amide bonds. The normalized spacial score (nSPS) is 10.9. The Bertz CT molecular complexity index is 327. The molecule has 4 N–H and O–H groups in total. The summed E-state index contributed by atoms with van der Waals surface area (Å²) in [5.74, 6) is 1.27. The fraction of sp³-hybridized carbons (Fsp3) is 0.500. The molecule has 0 bridgehead atoms. The first-order valence-electron chi connectivity index (χ1n) is 5.42. The van der Waals surface area contributed by atoms with E-state index >= 15 is 0 Å². The molecule has 0 radical (unpaired) electrons. The monoisotopic (exact) mass is 224 g/mol. The van der Waals surface area contributed by atoms with E-state index in [1.54, 1.807) is 12.1 Å². The van der Waals surface area contributed by atoms with E-state index in [2.05, 4.69) is 0 Å². The molecule has 0 atom stereocenters. The maximum Gasteiger partial charge on any atom is 0.163 e. The maximum absolute atomic E-state index is 5.74. The van der Waals surface area contributed by atoms with Gasteiger partial charge in [-0.05, 0) is 27.7 Å². The largest absolute Gasteiger partial charge is 0.487 e. The zero-order chi connectivity index (χ0) is 12.3. The Morgan fingerprint density at radius 3 is 1.38 bits per heavy atom. The van der Waals surface area contributed by atoms with Crippen molar-refractivity contribution in [1.82, 2.24) is 0 Å². The Hall–Kier alpha value is -1.58. The highest BCUT2D eigenvalue weighted by Gasteiger charge is 2.11. The third kappa shape index (κ3) is 3.22. The minimum absolute atomic E-state index is 0.0672. The van der Waals surface area contributed by atoms with Gasteiger partial charge < -0.3 is 20.9 Å². The van der Waals surface area contributed by atoms with Gasteiger partial charge >= 0.3 is 0 Å². The lowest BCUT2D eigenvalue weighted by Crippen LogP contribution is -2.11. The second-order valence-corrected chi connectivity index (χ2v) is 4.26. The van der Waals surface area contributed by atoms with Crippen LogP contribution in [-0.2, 0) is 0 Å². The van der Waals surface area contributed by atoms with Gasteiger partial charge in [0.2, 0.25) is 0 Å². The van der Waals surface area contributed by atoms with Gasteiger partial charge in [-0.3, -0.25) is 0 Å². The summed E-state index contributed by atoms with van der Waals surface area (Å²) in [6.07, 6.45) is 0.134. The molecule has 0 spiro atoms. The van der Waals surface area contributed by atoms with E-state index in [1.165, 1.54) is 0 Å². The smallest absolute Gasteiger partial charge is 0.163 e. The second kappa shape index (κ2) is 4.96. The lowest BCUT2D eigenvalue weighted by Gasteiger charge is -2.18. The van der Waals surface area contributed by atoms with Crippen molar-refractivity contribution in [3.8, 4) is 11.5 Å². The van der Waals surface area contributed by atoms with E-state index in [0.717, 1.165) is 0 Å². The molecule has 4 heteroatoms. The Balaban J connectivity index is 3.06. The molecular weight excluding hydrogens is 204 g/mol. The predicted molar refractivity (Wildman–Crippen MR) is 66.8 cm³/mol. The van der Waals surface area contributed by atoms with Gasteiger partial charge in [0.05, 0.1) is 23.6 Å². The standard InChI is InChI=1S/C12H20N2O2/c1-7(2)15-11-5-9(13)10(14)6-12(11)16-8(3)4/h5-8H,13-14H2,1-4H3. The molecule has 0 fully saturated rings. The summed E-state index contributed by atoms with van der Waals surface area (Å²) in [5.41, 5.74) is 12.5. The van der Waals surface area contributed by atoms with Crippen LogP contribution in [0.3, 0.4) is 0 Å². The van der Waals surface area contributed by atoms with E-state index in [9.17, 15) is 0 Å². The molecule has 0 unspecified atom stereocenters. The molecule has 0 heterocycles. The first-order chi connectivity index (χ1) is 7.40. The number of hydrogen-bond acceptors (Lipinski definition) is 4. The highest BCUT2D eigenvalue weighted by molar-refractivity contribution is 5.69. The van der Waals surface area contributed by atoms with Crippen LogP contribution in [-0.4, -0.2) is 12.2 Å². The van der Waals surface area contributed by atoms with E-state index in [4.69, 9.17) is 20.9 Å². The van der Waals surface area contributed by atoms with Crippen molar-refractivity contribution in [3.05, 3.63) is 12.1 Å². The van der Waals surface area contributed by atoms with Gasteiger partial charge in [-0.25, -0.2) is 0 Å². The van der Waals surface area contributed by atoms with Crippen LogP contribution in [0.5, 0.6) is 11.5 Å². The van der Waals surface area contributed by atoms with Crippen LogP contribution in [0.15, 0.2) is 12.1 Å². The topological polar surface area (TPSA) is 70.5 Å². The Morgan fingerprint density at radius 1 is 0.812 bits per heavy atom. The number of hydrogen-bond donors (Lipinski definition) is 2. The second-order valence-electron chi connectivity index (χ2n) is 4.26. The number of nitrogens with two attached hydrogens (primary N) is 2. The number of benzene rings is 1. The molecule has 0 aliphatic rings. The predicted octanol–water partition coefficient (Wildman–Crippen LogP) is 2.43. The van der Waals surface area contributed by atoms with Crippen molar-refractivity contribution in [1.29, 1.82) is 0 Å². The van der Waals surface area contributed by atoms with Crippen molar-refractivity contribution in [2.24, 2.45) is 0 Å². The first-order valence-corrected chi connectivity index (χ1v) is 5.42. The molecular formula is C12H20N2O2. The molecule has 4 nitrogen and oxygen atoms in total. The summed E-state index contributed by atoms with van der Waals surface area (Å²) in [7, 11) is 0. The molecule has 1 rings (SSSR count). The summed E-state index contributed by atoms with van der Waals surface area (Å²) >= 11 is 0. The van der Waals surface area contributed by atoms with Gasteiger partial charge in [0.25, 0.3) is 0 Å².